The summed E-state index contributed by atoms with van der Waals surface area (Å²) in [6.07, 6.45) is 9.63. The summed E-state index contributed by atoms with van der Waals surface area (Å²) < 4.78 is 4.72. The maximum atomic E-state index is 5.33. The van der Waals surface area contributed by atoms with Crippen molar-refractivity contribution < 1.29 is 0 Å². The van der Waals surface area contributed by atoms with E-state index in [1.165, 1.54) is 32.6 Å². The fourth-order valence-electron chi connectivity index (χ4n) is 8.36. The molecule has 6 aromatic carbocycles. The van der Waals surface area contributed by atoms with Crippen molar-refractivity contribution in [3.63, 3.8) is 0 Å². The molecule has 0 aliphatic heterocycles. The Hall–Kier alpha value is -7.11. The monoisotopic (exact) mass is 663 g/mol. The summed E-state index contributed by atoms with van der Waals surface area (Å²) in [4.78, 5) is 14.6. The van der Waals surface area contributed by atoms with Gasteiger partial charge in [-0.05, 0) is 65.5 Å². The van der Waals surface area contributed by atoms with Crippen molar-refractivity contribution >= 4 is 65.3 Å². The van der Waals surface area contributed by atoms with Crippen molar-refractivity contribution in [1.82, 2.24) is 24.1 Å². The summed E-state index contributed by atoms with van der Waals surface area (Å²) in [5, 5.41) is 8.16. The molecule has 5 aromatic heterocycles. The third kappa shape index (κ3) is 4.14. The largest absolute Gasteiger partial charge is 0.309 e. The molecular formula is C47H29N5. The number of aromatic nitrogens is 5. The number of hydrogen-bond acceptors (Lipinski definition) is 3. The van der Waals surface area contributed by atoms with E-state index in [0.717, 1.165) is 66.3 Å². The lowest BCUT2D eigenvalue weighted by atomic mass is 9.87. The summed E-state index contributed by atoms with van der Waals surface area (Å²) in [5.41, 5.74) is 11.9. The van der Waals surface area contributed by atoms with Crippen LogP contribution in [0.5, 0.6) is 0 Å². The Labute approximate surface area is 298 Å². The molecule has 0 aliphatic rings. The smallest absolute Gasteiger partial charge is 0.0788 e. The second kappa shape index (κ2) is 11.2. The van der Waals surface area contributed by atoms with Gasteiger partial charge in [-0.25, -0.2) is 0 Å². The van der Waals surface area contributed by atoms with Crippen LogP contribution >= 0.6 is 0 Å². The third-order valence-corrected chi connectivity index (χ3v) is 10.5. The lowest BCUT2D eigenvalue weighted by Gasteiger charge is -2.20. The van der Waals surface area contributed by atoms with Crippen molar-refractivity contribution in [3.05, 3.63) is 177 Å². The van der Waals surface area contributed by atoms with Crippen molar-refractivity contribution in [2.75, 3.05) is 0 Å². The van der Waals surface area contributed by atoms with Gasteiger partial charge in [-0.15, -0.1) is 0 Å². The van der Waals surface area contributed by atoms with Gasteiger partial charge >= 0.3 is 0 Å². The summed E-state index contributed by atoms with van der Waals surface area (Å²) in [6, 6.07) is 52.0. The minimum Gasteiger partial charge on any atom is -0.309 e. The van der Waals surface area contributed by atoms with Crippen LogP contribution in [0.4, 0.5) is 0 Å². The van der Waals surface area contributed by atoms with Gasteiger partial charge < -0.3 is 9.13 Å². The van der Waals surface area contributed by atoms with E-state index in [2.05, 4.69) is 153 Å². The zero-order chi connectivity index (χ0) is 34.2. The van der Waals surface area contributed by atoms with Crippen molar-refractivity contribution in [2.24, 2.45) is 0 Å². The van der Waals surface area contributed by atoms with Crippen LogP contribution in [0.1, 0.15) is 0 Å². The van der Waals surface area contributed by atoms with Crippen LogP contribution in [-0.2, 0) is 0 Å². The first-order valence-corrected chi connectivity index (χ1v) is 17.5. The molecule has 0 N–H and O–H groups in total. The zero-order valence-electron chi connectivity index (χ0n) is 28.0. The van der Waals surface area contributed by atoms with Gasteiger partial charge in [-0.3, -0.25) is 15.0 Å². The number of para-hydroxylation sites is 4. The Morgan fingerprint density at radius 1 is 0.346 bits per heavy atom. The maximum Gasteiger partial charge on any atom is 0.0788 e. The van der Waals surface area contributed by atoms with Crippen LogP contribution in [0.2, 0.25) is 0 Å². The fraction of sp³-hybridized carbons (Fsp3) is 0. The van der Waals surface area contributed by atoms with Gasteiger partial charge in [0.2, 0.25) is 0 Å². The van der Waals surface area contributed by atoms with E-state index in [-0.39, 0.29) is 0 Å². The third-order valence-electron chi connectivity index (χ3n) is 10.5. The maximum absolute atomic E-state index is 5.33. The van der Waals surface area contributed by atoms with Crippen LogP contribution in [0, 0.1) is 0 Å². The first-order chi connectivity index (χ1) is 25.8. The predicted octanol–water partition coefficient (Wildman–Crippen LogP) is 11.7. The molecule has 11 rings (SSSR count). The molecule has 0 saturated carbocycles. The average Bonchev–Trinajstić information content (AvgIpc) is 3.74. The molecule has 0 fully saturated rings. The number of rotatable bonds is 4. The molecule has 0 atom stereocenters. The van der Waals surface area contributed by atoms with E-state index in [4.69, 9.17) is 4.98 Å². The van der Waals surface area contributed by atoms with Crippen molar-refractivity contribution in [3.8, 4) is 33.6 Å². The molecule has 5 heteroatoms. The predicted molar refractivity (Wildman–Crippen MR) is 214 cm³/mol. The minimum atomic E-state index is 0.944. The number of hydrogen-bond donors (Lipinski definition) is 0. The molecule has 0 spiro atoms. The number of pyridine rings is 3. The molecule has 0 saturated heterocycles. The molecule has 0 unspecified atom stereocenters. The van der Waals surface area contributed by atoms with Crippen LogP contribution in [0.25, 0.3) is 98.9 Å². The Morgan fingerprint density at radius 3 is 1.31 bits per heavy atom. The van der Waals surface area contributed by atoms with Crippen LogP contribution < -0.4 is 0 Å². The van der Waals surface area contributed by atoms with E-state index in [9.17, 15) is 0 Å². The first-order valence-electron chi connectivity index (χ1n) is 17.5. The molecule has 11 aromatic rings. The van der Waals surface area contributed by atoms with Crippen LogP contribution in [-0.4, -0.2) is 24.1 Å². The molecule has 5 nitrogen and oxygen atoms in total. The standard InChI is InChI=1S/C47H29N5/c1-5-17-41-34(13-1)35-14-2-6-18-42(35)51(41)32-21-22-38-39(25-32)45(30-11-9-23-48-27-30)46(31-12-10-24-49-28-31)40-26-33(29-50-47(38)40)52-43-19-7-3-15-36(43)37-16-4-8-20-44(37)52/h1-29H. The molecule has 0 radical (unpaired) electrons. The van der Waals surface area contributed by atoms with Crippen molar-refractivity contribution in [1.29, 1.82) is 0 Å². The van der Waals surface area contributed by atoms with Crippen LogP contribution in [0.15, 0.2) is 177 Å². The van der Waals surface area contributed by atoms with E-state index < -0.39 is 0 Å². The molecule has 0 aliphatic carbocycles. The van der Waals surface area contributed by atoms with Gasteiger partial charge in [0.05, 0.1) is 39.5 Å². The SMILES string of the molecule is c1cncc(-c2c(-c3cccnc3)c3cc(-n4c5ccccc5c5ccccc54)cnc3c3ccc(-n4c5ccccc5c5ccccc54)cc23)c1. The van der Waals surface area contributed by atoms with Crippen molar-refractivity contribution in [2.45, 2.75) is 0 Å². The summed E-state index contributed by atoms with van der Waals surface area (Å²) >= 11 is 0. The lowest BCUT2D eigenvalue weighted by Crippen LogP contribution is -1.99. The lowest BCUT2D eigenvalue weighted by molar-refractivity contribution is 1.16. The van der Waals surface area contributed by atoms with Gasteiger partial charge in [0.15, 0.2) is 0 Å². The molecule has 5 heterocycles. The van der Waals surface area contributed by atoms with E-state index in [1.807, 2.05) is 43.1 Å². The second-order valence-corrected chi connectivity index (χ2v) is 13.3. The van der Waals surface area contributed by atoms with Gasteiger partial charge in [-0.1, -0.05) is 91.0 Å². The Bertz CT molecular complexity index is 2850. The average molecular weight is 664 g/mol. The topological polar surface area (TPSA) is 48.5 Å². The quantitative estimate of drug-likeness (QED) is 0.176. The van der Waals surface area contributed by atoms with Crippen LogP contribution in [0.3, 0.4) is 0 Å². The summed E-state index contributed by atoms with van der Waals surface area (Å²) in [7, 11) is 0. The molecular weight excluding hydrogens is 635 g/mol. The molecule has 52 heavy (non-hydrogen) atoms. The number of benzene rings is 6. The van der Waals surface area contributed by atoms with Gasteiger partial charge in [0.25, 0.3) is 0 Å². The molecule has 0 bridgehead atoms. The number of nitrogens with zero attached hydrogens (tertiary/aromatic N) is 5. The fourth-order valence-corrected chi connectivity index (χ4v) is 8.36. The van der Waals surface area contributed by atoms with Gasteiger partial charge in [-0.2, -0.15) is 0 Å². The second-order valence-electron chi connectivity index (χ2n) is 13.3. The zero-order valence-corrected chi connectivity index (χ0v) is 28.0. The Morgan fingerprint density at radius 2 is 0.808 bits per heavy atom. The molecule has 0 amide bonds. The highest BCUT2D eigenvalue weighted by Gasteiger charge is 2.22. The van der Waals surface area contributed by atoms with Gasteiger partial charge in [0.1, 0.15) is 0 Å². The van der Waals surface area contributed by atoms with E-state index >= 15 is 0 Å². The summed E-state index contributed by atoms with van der Waals surface area (Å²) in [5.74, 6) is 0. The number of fused-ring (bicyclic) bond motifs is 9. The minimum absolute atomic E-state index is 0.944. The first kappa shape index (κ1) is 28.7. The normalized spacial score (nSPS) is 11.8. The highest BCUT2D eigenvalue weighted by molar-refractivity contribution is 6.21. The Balaban J connectivity index is 1.29. The highest BCUT2D eigenvalue weighted by Crippen LogP contribution is 2.46. The van der Waals surface area contributed by atoms with E-state index in [0.29, 0.717) is 0 Å². The Kier molecular flexibility index (Phi) is 6.18. The summed E-state index contributed by atoms with van der Waals surface area (Å²) in [6.45, 7) is 0. The highest BCUT2D eigenvalue weighted by atomic mass is 15.0. The molecule has 242 valence electrons. The van der Waals surface area contributed by atoms with E-state index in [1.54, 1.807) is 0 Å². The van der Waals surface area contributed by atoms with Gasteiger partial charge in [0, 0.05) is 79.5 Å².